The Balaban J connectivity index is 1.46. The van der Waals surface area contributed by atoms with Crippen LogP contribution in [-0.2, 0) is 19.6 Å². The summed E-state index contributed by atoms with van der Waals surface area (Å²) in [5.41, 5.74) is 3.44. The summed E-state index contributed by atoms with van der Waals surface area (Å²) in [4.78, 5) is 14.6. The van der Waals surface area contributed by atoms with Gasteiger partial charge in [0.15, 0.2) is 0 Å². The van der Waals surface area contributed by atoms with E-state index in [0.29, 0.717) is 12.4 Å². The molecule has 25 heavy (non-hydrogen) atoms. The number of nitrogens with zero attached hydrogens (tertiary/aromatic N) is 2. The fourth-order valence-electron chi connectivity index (χ4n) is 3.07. The highest BCUT2D eigenvalue weighted by molar-refractivity contribution is 6.04. The molecule has 4 rings (SSSR count). The number of aromatic nitrogens is 2. The maximum absolute atomic E-state index is 13.3. The molecule has 0 spiro atoms. The first-order chi connectivity index (χ1) is 12.2. The first kappa shape index (κ1) is 15.5. The first-order valence-electron chi connectivity index (χ1n) is 8.08. The average molecular weight is 336 g/mol. The van der Waals surface area contributed by atoms with E-state index in [1.165, 1.54) is 23.8 Å². The van der Waals surface area contributed by atoms with Crippen LogP contribution in [0.15, 0.2) is 54.6 Å². The number of nitrogens with one attached hydrogen (secondary N) is 2. The fourth-order valence-corrected chi connectivity index (χ4v) is 3.07. The molecule has 3 aromatic rings. The van der Waals surface area contributed by atoms with Crippen molar-refractivity contribution in [3.05, 3.63) is 82.8 Å². The molecule has 1 aliphatic heterocycles. The number of aromatic amines is 1. The molecule has 126 valence electrons. The lowest BCUT2D eigenvalue weighted by atomic mass is 10.2. The van der Waals surface area contributed by atoms with E-state index in [-0.39, 0.29) is 11.5 Å². The van der Waals surface area contributed by atoms with Gasteiger partial charge in [0.1, 0.15) is 11.6 Å². The Morgan fingerprint density at radius 2 is 2.00 bits per heavy atom. The maximum atomic E-state index is 13.3. The molecule has 0 atom stereocenters. The monoisotopic (exact) mass is 336 g/mol. The summed E-state index contributed by atoms with van der Waals surface area (Å²) in [5.74, 6) is -0.205. The van der Waals surface area contributed by atoms with E-state index >= 15 is 0 Å². The summed E-state index contributed by atoms with van der Waals surface area (Å²) in [7, 11) is 0. The Kier molecular flexibility index (Phi) is 4.03. The molecular weight excluding hydrogens is 319 g/mol. The second-order valence-electron chi connectivity index (χ2n) is 6.12. The van der Waals surface area contributed by atoms with Crippen LogP contribution in [0, 0.1) is 5.82 Å². The van der Waals surface area contributed by atoms with Gasteiger partial charge in [0.25, 0.3) is 5.91 Å². The molecule has 2 heterocycles. The van der Waals surface area contributed by atoms with Crippen LogP contribution in [0.5, 0.6) is 0 Å². The number of carbonyl (C=O) groups is 1. The molecule has 5 nitrogen and oxygen atoms in total. The molecule has 0 saturated carbocycles. The highest BCUT2D eigenvalue weighted by atomic mass is 19.1. The second kappa shape index (κ2) is 6.49. The number of halogens is 1. The Bertz CT molecular complexity index is 907. The fraction of sp³-hybridized carbons (Fsp3) is 0.158. The van der Waals surface area contributed by atoms with Gasteiger partial charge in [0, 0.05) is 30.8 Å². The minimum absolute atomic E-state index is 0.280. The number of anilines is 1. The predicted molar refractivity (Wildman–Crippen MR) is 92.3 cm³/mol. The van der Waals surface area contributed by atoms with Gasteiger partial charge in [-0.05, 0) is 23.8 Å². The van der Waals surface area contributed by atoms with Gasteiger partial charge in [-0.25, -0.2) is 4.39 Å². The van der Waals surface area contributed by atoms with Gasteiger partial charge in [-0.15, -0.1) is 0 Å². The van der Waals surface area contributed by atoms with Crippen molar-refractivity contribution in [2.24, 2.45) is 0 Å². The van der Waals surface area contributed by atoms with Gasteiger partial charge in [0.05, 0.1) is 5.69 Å². The van der Waals surface area contributed by atoms with Gasteiger partial charge < -0.3 is 5.32 Å². The molecular formula is C19H17FN4O. The van der Waals surface area contributed by atoms with Crippen molar-refractivity contribution in [3.63, 3.8) is 0 Å². The summed E-state index contributed by atoms with van der Waals surface area (Å²) >= 11 is 0. The van der Waals surface area contributed by atoms with E-state index in [9.17, 15) is 9.18 Å². The lowest BCUT2D eigenvalue weighted by Crippen LogP contribution is -2.18. The molecule has 1 aliphatic rings. The van der Waals surface area contributed by atoms with Gasteiger partial charge in [-0.1, -0.05) is 36.4 Å². The minimum atomic E-state index is -0.434. The van der Waals surface area contributed by atoms with Crippen LogP contribution in [0.2, 0.25) is 0 Å². The highest BCUT2D eigenvalue weighted by Gasteiger charge is 2.26. The Hall–Kier alpha value is -2.99. The lowest BCUT2D eigenvalue weighted by molar-refractivity contribution is 0.102. The van der Waals surface area contributed by atoms with Gasteiger partial charge in [0.2, 0.25) is 0 Å². The molecule has 1 amide bonds. The lowest BCUT2D eigenvalue weighted by Gasteiger charge is -2.15. The van der Waals surface area contributed by atoms with E-state index in [2.05, 4.69) is 32.5 Å². The molecule has 0 bridgehead atoms. The summed E-state index contributed by atoms with van der Waals surface area (Å²) < 4.78 is 13.3. The predicted octanol–water partition coefficient (Wildman–Crippen LogP) is 3.32. The summed E-state index contributed by atoms with van der Waals surface area (Å²) in [6.45, 7) is 2.27. The van der Waals surface area contributed by atoms with Crippen molar-refractivity contribution in [2.75, 3.05) is 5.32 Å². The number of H-pyrrole nitrogens is 1. The number of rotatable bonds is 4. The Labute approximate surface area is 144 Å². The zero-order valence-electron chi connectivity index (χ0n) is 13.5. The number of carbonyl (C=O) groups excluding carboxylic acids is 1. The molecule has 6 heteroatoms. The van der Waals surface area contributed by atoms with E-state index in [4.69, 9.17) is 0 Å². The number of hydrogen-bond acceptors (Lipinski definition) is 3. The molecule has 0 radical (unpaired) electrons. The zero-order valence-corrected chi connectivity index (χ0v) is 13.5. The van der Waals surface area contributed by atoms with Crippen LogP contribution in [-0.4, -0.2) is 21.0 Å². The second-order valence-corrected chi connectivity index (χ2v) is 6.12. The van der Waals surface area contributed by atoms with Crippen molar-refractivity contribution in [2.45, 2.75) is 19.6 Å². The summed E-state index contributed by atoms with van der Waals surface area (Å²) in [5, 5.41) is 9.97. The third kappa shape index (κ3) is 3.29. The van der Waals surface area contributed by atoms with Crippen molar-refractivity contribution in [3.8, 4) is 0 Å². The number of amides is 1. The van der Waals surface area contributed by atoms with E-state index in [1.807, 2.05) is 18.2 Å². The number of fused-ring (bicyclic) bond motifs is 1. The van der Waals surface area contributed by atoms with Gasteiger partial charge in [-0.2, -0.15) is 5.10 Å². The first-order valence-corrected chi connectivity index (χ1v) is 8.08. The molecule has 0 unspecified atom stereocenters. The molecule has 0 fully saturated rings. The highest BCUT2D eigenvalue weighted by Crippen LogP contribution is 2.28. The van der Waals surface area contributed by atoms with Crippen molar-refractivity contribution >= 4 is 11.7 Å². The summed E-state index contributed by atoms with van der Waals surface area (Å²) in [6.07, 6.45) is 0. The van der Waals surface area contributed by atoms with E-state index < -0.39 is 5.82 Å². The van der Waals surface area contributed by atoms with Crippen molar-refractivity contribution in [1.29, 1.82) is 0 Å². The van der Waals surface area contributed by atoms with Gasteiger partial charge in [-0.3, -0.25) is 14.8 Å². The number of benzene rings is 2. The van der Waals surface area contributed by atoms with Gasteiger partial charge >= 0.3 is 0 Å². The third-order valence-corrected chi connectivity index (χ3v) is 4.28. The topological polar surface area (TPSA) is 61.0 Å². The van der Waals surface area contributed by atoms with Crippen LogP contribution in [0.4, 0.5) is 10.2 Å². The normalized spacial score (nSPS) is 13.6. The molecule has 2 N–H and O–H groups in total. The largest absolute Gasteiger partial charge is 0.307 e. The SMILES string of the molecule is O=C(Nc1[nH]nc2c1CN(Cc1ccccc1)C2)c1cccc(F)c1. The smallest absolute Gasteiger partial charge is 0.256 e. The van der Waals surface area contributed by atoms with Crippen molar-refractivity contribution in [1.82, 2.24) is 15.1 Å². The third-order valence-electron chi connectivity index (χ3n) is 4.28. The Morgan fingerprint density at radius 3 is 2.80 bits per heavy atom. The number of hydrogen-bond donors (Lipinski definition) is 2. The molecule has 1 aromatic heterocycles. The zero-order chi connectivity index (χ0) is 17.2. The molecule has 2 aromatic carbocycles. The maximum Gasteiger partial charge on any atom is 0.256 e. The summed E-state index contributed by atoms with van der Waals surface area (Å²) in [6, 6.07) is 15.9. The average Bonchev–Trinajstić information content (AvgIpc) is 3.17. The van der Waals surface area contributed by atoms with Crippen LogP contribution in [0.1, 0.15) is 27.2 Å². The van der Waals surface area contributed by atoms with Crippen molar-refractivity contribution < 1.29 is 9.18 Å². The quantitative estimate of drug-likeness (QED) is 0.768. The van der Waals surface area contributed by atoms with E-state index in [0.717, 1.165) is 24.3 Å². The van der Waals surface area contributed by atoms with Crippen LogP contribution in [0.25, 0.3) is 0 Å². The Morgan fingerprint density at radius 1 is 1.16 bits per heavy atom. The van der Waals surface area contributed by atoms with Crippen LogP contribution in [0.3, 0.4) is 0 Å². The minimum Gasteiger partial charge on any atom is -0.307 e. The van der Waals surface area contributed by atoms with Crippen LogP contribution >= 0.6 is 0 Å². The molecule has 0 saturated heterocycles. The van der Waals surface area contributed by atoms with E-state index in [1.54, 1.807) is 6.07 Å². The van der Waals surface area contributed by atoms with Crippen LogP contribution < -0.4 is 5.32 Å². The molecule has 0 aliphatic carbocycles. The standard InChI is InChI=1S/C19H17FN4O/c20-15-8-4-7-14(9-15)19(25)21-18-16-11-24(12-17(16)22-23-18)10-13-5-2-1-3-6-13/h1-9H,10-12H2,(H2,21,22,23,25).